The van der Waals surface area contributed by atoms with Crippen LogP contribution < -0.4 is 5.73 Å². The van der Waals surface area contributed by atoms with Crippen LogP contribution in [0.2, 0.25) is 0 Å². The van der Waals surface area contributed by atoms with Gasteiger partial charge in [-0.2, -0.15) is 0 Å². The first-order valence-electron chi connectivity index (χ1n) is 3.91. The van der Waals surface area contributed by atoms with Crippen molar-refractivity contribution in [2.24, 2.45) is 5.73 Å². The zero-order chi connectivity index (χ0) is 8.91. The minimum atomic E-state index is -0.329. The minimum Gasteiger partial charge on any atom is -0.376 e. The normalized spacial score (nSPS) is 16.9. The Labute approximate surface area is 68.9 Å². The van der Waals surface area contributed by atoms with Gasteiger partial charge in [-0.3, -0.25) is 0 Å². The molecule has 3 nitrogen and oxygen atoms in total. The predicted molar refractivity (Wildman–Crippen MR) is 45.6 cm³/mol. The highest BCUT2D eigenvalue weighted by Crippen LogP contribution is 2.08. The van der Waals surface area contributed by atoms with E-state index in [2.05, 4.69) is 0 Å². The summed E-state index contributed by atoms with van der Waals surface area (Å²) in [5.41, 5.74) is 5.17. The molecule has 1 atom stereocenters. The number of nitrogens with two attached hydrogens (primary N) is 1. The molecule has 0 aromatic carbocycles. The van der Waals surface area contributed by atoms with E-state index in [1.165, 1.54) is 0 Å². The first-order valence-corrected chi connectivity index (χ1v) is 3.91. The molecule has 1 unspecified atom stereocenters. The molecule has 0 saturated carbocycles. The summed E-state index contributed by atoms with van der Waals surface area (Å²) in [6, 6.07) is 0. The lowest BCUT2D eigenvalue weighted by Crippen LogP contribution is -2.41. The topological polar surface area (TPSA) is 44.5 Å². The molecule has 0 aliphatic rings. The number of hydrogen-bond donors (Lipinski definition) is 1. The number of methoxy groups -OCH3 is 1. The Morgan fingerprint density at radius 3 is 2.27 bits per heavy atom. The van der Waals surface area contributed by atoms with Crippen LogP contribution in [0.15, 0.2) is 0 Å². The van der Waals surface area contributed by atoms with Crippen LogP contribution in [0.5, 0.6) is 0 Å². The van der Waals surface area contributed by atoms with Crippen molar-refractivity contribution in [3.63, 3.8) is 0 Å². The molecule has 0 aromatic heterocycles. The van der Waals surface area contributed by atoms with Crippen molar-refractivity contribution >= 4 is 0 Å². The Kier molecular flexibility index (Phi) is 4.65. The second kappa shape index (κ2) is 4.70. The molecule has 68 valence electrons. The van der Waals surface area contributed by atoms with Crippen molar-refractivity contribution in [2.45, 2.75) is 32.5 Å². The highest BCUT2D eigenvalue weighted by molar-refractivity contribution is 4.75. The van der Waals surface area contributed by atoms with Crippen LogP contribution in [0, 0.1) is 0 Å². The summed E-state index contributed by atoms with van der Waals surface area (Å²) in [5, 5.41) is 0. The Morgan fingerprint density at radius 1 is 1.45 bits per heavy atom. The predicted octanol–water partition coefficient (Wildman–Crippen LogP) is 0.775. The maximum Gasteiger partial charge on any atom is 0.100 e. The number of hydrogen-bond acceptors (Lipinski definition) is 3. The van der Waals surface area contributed by atoms with Crippen molar-refractivity contribution in [2.75, 3.05) is 20.3 Å². The maximum absolute atomic E-state index is 5.50. The van der Waals surface area contributed by atoms with E-state index in [9.17, 15) is 0 Å². The van der Waals surface area contributed by atoms with Crippen molar-refractivity contribution in [3.8, 4) is 0 Å². The van der Waals surface area contributed by atoms with Gasteiger partial charge in [0.2, 0.25) is 0 Å². The van der Waals surface area contributed by atoms with Gasteiger partial charge in [0.1, 0.15) is 5.60 Å². The van der Waals surface area contributed by atoms with Crippen molar-refractivity contribution in [1.29, 1.82) is 0 Å². The molecule has 0 aromatic rings. The van der Waals surface area contributed by atoms with E-state index >= 15 is 0 Å². The van der Waals surface area contributed by atoms with Crippen LogP contribution in [-0.4, -0.2) is 32.0 Å². The maximum atomic E-state index is 5.50. The van der Waals surface area contributed by atoms with Crippen molar-refractivity contribution in [1.82, 2.24) is 0 Å². The fourth-order valence-electron chi connectivity index (χ4n) is 0.544. The summed E-state index contributed by atoms with van der Waals surface area (Å²) in [7, 11) is 1.65. The Balaban J connectivity index is 3.69. The summed E-state index contributed by atoms with van der Waals surface area (Å²) >= 11 is 0. The van der Waals surface area contributed by atoms with Gasteiger partial charge in [-0.15, -0.1) is 0 Å². The van der Waals surface area contributed by atoms with Gasteiger partial charge in [-0.25, -0.2) is 0 Å². The average Bonchev–Trinajstić information content (AvgIpc) is 2.00. The SMILES string of the molecule is COC(C)(CN)COC(C)C. The lowest BCUT2D eigenvalue weighted by atomic mass is 10.1. The minimum absolute atomic E-state index is 0.232. The Morgan fingerprint density at radius 2 is 2.00 bits per heavy atom. The first-order chi connectivity index (χ1) is 5.04. The monoisotopic (exact) mass is 161 g/mol. The lowest BCUT2D eigenvalue weighted by molar-refractivity contribution is -0.0723. The van der Waals surface area contributed by atoms with Gasteiger partial charge in [0.05, 0.1) is 12.7 Å². The zero-order valence-electron chi connectivity index (χ0n) is 7.89. The van der Waals surface area contributed by atoms with E-state index in [4.69, 9.17) is 15.2 Å². The molecule has 2 N–H and O–H groups in total. The third-order valence-corrected chi connectivity index (χ3v) is 1.65. The van der Waals surface area contributed by atoms with Gasteiger partial charge in [-0.1, -0.05) is 0 Å². The molecule has 0 aliphatic heterocycles. The van der Waals surface area contributed by atoms with Crippen molar-refractivity contribution in [3.05, 3.63) is 0 Å². The van der Waals surface area contributed by atoms with Crippen LogP contribution in [0.3, 0.4) is 0 Å². The summed E-state index contributed by atoms with van der Waals surface area (Å²) < 4.78 is 10.6. The van der Waals surface area contributed by atoms with Gasteiger partial charge >= 0.3 is 0 Å². The fraction of sp³-hybridized carbons (Fsp3) is 1.00. The average molecular weight is 161 g/mol. The van der Waals surface area contributed by atoms with E-state index in [1.54, 1.807) is 7.11 Å². The second-order valence-corrected chi connectivity index (χ2v) is 3.22. The molecule has 0 saturated heterocycles. The quantitative estimate of drug-likeness (QED) is 0.648. The van der Waals surface area contributed by atoms with E-state index in [0.29, 0.717) is 13.2 Å². The van der Waals surface area contributed by atoms with Crippen LogP contribution in [0.25, 0.3) is 0 Å². The molecule has 0 fully saturated rings. The van der Waals surface area contributed by atoms with Crippen LogP contribution in [0.4, 0.5) is 0 Å². The number of rotatable bonds is 5. The standard InChI is InChI=1S/C8H19NO2/c1-7(2)11-6-8(3,5-9)10-4/h7H,5-6,9H2,1-4H3. The highest BCUT2D eigenvalue weighted by atomic mass is 16.5. The van der Waals surface area contributed by atoms with Crippen LogP contribution in [0.1, 0.15) is 20.8 Å². The largest absolute Gasteiger partial charge is 0.376 e. The van der Waals surface area contributed by atoms with E-state index in [0.717, 1.165) is 0 Å². The molecule has 0 heterocycles. The van der Waals surface area contributed by atoms with Gasteiger partial charge < -0.3 is 15.2 Å². The van der Waals surface area contributed by atoms with Gasteiger partial charge in [0.15, 0.2) is 0 Å². The summed E-state index contributed by atoms with van der Waals surface area (Å²) in [6.45, 7) is 6.96. The highest BCUT2D eigenvalue weighted by Gasteiger charge is 2.21. The number of ether oxygens (including phenoxy) is 2. The van der Waals surface area contributed by atoms with Crippen LogP contribution in [-0.2, 0) is 9.47 Å². The van der Waals surface area contributed by atoms with E-state index in [-0.39, 0.29) is 11.7 Å². The van der Waals surface area contributed by atoms with E-state index in [1.807, 2.05) is 20.8 Å². The third-order valence-electron chi connectivity index (χ3n) is 1.65. The molecule has 0 bridgehead atoms. The molecular formula is C8H19NO2. The zero-order valence-corrected chi connectivity index (χ0v) is 7.89. The van der Waals surface area contributed by atoms with E-state index < -0.39 is 0 Å². The molecular weight excluding hydrogens is 142 g/mol. The second-order valence-electron chi connectivity index (χ2n) is 3.22. The fourth-order valence-corrected chi connectivity index (χ4v) is 0.544. The summed E-state index contributed by atoms with van der Waals surface area (Å²) in [6.07, 6.45) is 0.232. The lowest BCUT2D eigenvalue weighted by Gasteiger charge is -2.26. The Bertz CT molecular complexity index is 100. The Hall–Kier alpha value is -0.120. The molecule has 11 heavy (non-hydrogen) atoms. The van der Waals surface area contributed by atoms with Gasteiger partial charge in [0.25, 0.3) is 0 Å². The third kappa shape index (κ3) is 4.35. The molecule has 0 spiro atoms. The van der Waals surface area contributed by atoms with Crippen molar-refractivity contribution < 1.29 is 9.47 Å². The molecule has 0 amide bonds. The molecule has 0 rings (SSSR count). The molecule has 0 radical (unpaired) electrons. The summed E-state index contributed by atoms with van der Waals surface area (Å²) in [4.78, 5) is 0. The molecule has 0 aliphatic carbocycles. The first kappa shape index (κ1) is 10.9. The van der Waals surface area contributed by atoms with Crippen LogP contribution >= 0.6 is 0 Å². The molecule has 3 heteroatoms. The summed E-state index contributed by atoms with van der Waals surface area (Å²) in [5.74, 6) is 0. The van der Waals surface area contributed by atoms with Gasteiger partial charge in [0, 0.05) is 13.7 Å². The smallest absolute Gasteiger partial charge is 0.100 e. The van der Waals surface area contributed by atoms with Gasteiger partial charge in [-0.05, 0) is 20.8 Å².